The van der Waals surface area contributed by atoms with Gasteiger partial charge in [-0.2, -0.15) is 13.2 Å². The molecule has 2 aromatic carbocycles. The van der Waals surface area contributed by atoms with Crippen LogP contribution in [-0.2, 0) is 11.0 Å². The summed E-state index contributed by atoms with van der Waals surface area (Å²) in [6.07, 6.45) is -2.58. The van der Waals surface area contributed by atoms with Crippen molar-refractivity contribution >= 4 is 11.6 Å². The zero-order valence-corrected chi connectivity index (χ0v) is 17.4. The summed E-state index contributed by atoms with van der Waals surface area (Å²) in [5, 5.41) is 0. The number of amides is 1. The Labute approximate surface area is 175 Å². The first-order chi connectivity index (χ1) is 14.2. The van der Waals surface area contributed by atoms with E-state index in [9.17, 15) is 18.0 Å². The smallest absolute Gasteiger partial charge is 0.368 e. The van der Waals surface area contributed by atoms with Crippen molar-refractivity contribution in [2.75, 3.05) is 31.1 Å². The second-order valence-corrected chi connectivity index (χ2v) is 8.59. The van der Waals surface area contributed by atoms with Crippen LogP contribution in [-0.4, -0.2) is 37.0 Å². The Balaban J connectivity index is 1.33. The van der Waals surface area contributed by atoms with Gasteiger partial charge in [-0.25, -0.2) is 0 Å². The number of carbonyl (C=O) groups excluding carboxylic acids is 1. The SMILES string of the molecule is Cc1ccc([C@H]2C[C@@H](C(=O)N3CCN(c4cc(C(F)(F)F)ccc4C)CC3)C2)cc1. The second-order valence-electron chi connectivity index (χ2n) is 8.59. The minimum Gasteiger partial charge on any atom is -0.368 e. The van der Waals surface area contributed by atoms with Gasteiger partial charge < -0.3 is 9.80 Å². The van der Waals surface area contributed by atoms with Gasteiger partial charge in [0.05, 0.1) is 5.56 Å². The first kappa shape index (κ1) is 20.8. The predicted octanol–water partition coefficient (Wildman–Crippen LogP) is 5.16. The lowest BCUT2D eigenvalue weighted by molar-refractivity contribution is -0.139. The van der Waals surface area contributed by atoms with Crippen molar-refractivity contribution in [2.24, 2.45) is 5.92 Å². The van der Waals surface area contributed by atoms with Crippen molar-refractivity contribution in [3.05, 3.63) is 64.7 Å². The molecule has 0 radical (unpaired) electrons. The average molecular weight is 416 g/mol. The van der Waals surface area contributed by atoms with Crippen LogP contribution in [0.25, 0.3) is 0 Å². The third-order valence-electron chi connectivity index (χ3n) is 6.50. The summed E-state index contributed by atoms with van der Waals surface area (Å²) in [4.78, 5) is 16.7. The first-order valence-electron chi connectivity index (χ1n) is 10.5. The van der Waals surface area contributed by atoms with Gasteiger partial charge in [0.15, 0.2) is 0 Å². The van der Waals surface area contributed by atoms with E-state index in [1.54, 1.807) is 0 Å². The molecule has 3 nitrogen and oxygen atoms in total. The standard InChI is InChI=1S/C24H27F3N2O/c1-16-3-6-18(7-4-16)19-13-20(14-19)23(30)29-11-9-28(10-12-29)22-15-21(24(25,26)27)8-5-17(22)2/h3-8,15,19-20H,9-14H2,1-2H3/t19-,20+. The Morgan fingerprint density at radius 3 is 2.17 bits per heavy atom. The molecule has 0 unspecified atom stereocenters. The fraction of sp³-hybridized carbons (Fsp3) is 0.458. The molecular formula is C24H27F3N2O. The van der Waals surface area contributed by atoms with Gasteiger partial charge in [-0.1, -0.05) is 35.9 Å². The maximum atomic E-state index is 13.1. The van der Waals surface area contributed by atoms with E-state index in [0.717, 1.165) is 24.5 Å². The number of anilines is 1. The second kappa shape index (κ2) is 7.97. The molecular weight excluding hydrogens is 389 g/mol. The summed E-state index contributed by atoms with van der Waals surface area (Å²) in [5.41, 5.74) is 3.34. The molecule has 160 valence electrons. The van der Waals surface area contributed by atoms with E-state index in [4.69, 9.17) is 0 Å². The molecule has 1 aliphatic heterocycles. The molecule has 2 aromatic rings. The number of benzene rings is 2. The lowest BCUT2D eigenvalue weighted by Gasteiger charge is -2.42. The van der Waals surface area contributed by atoms with Crippen LogP contribution in [0, 0.1) is 19.8 Å². The first-order valence-corrected chi connectivity index (χ1v) is 10.5. The van der Waals surface area contributed by atoms with Gasteiger partial charge in [-0.15, -0.1) is 0 Å². The van der Waals surface area contributed by atoms with Crippen LogP contribution in [0.3, 0.4) is 0 Å². The van der Waals surface area contributed by atoms with E-state index in [2.05, 4.69) is 31.2 Å². The molecule has 6 heteroatoms. The number of aryl methyl sites for hydroxylation is 2. The summed E-state index contributed by atoms with van der Waals surface area (Å²) in [7, 11) is 0. The number of hydrogen-bond donors (Lipinski definition) is 0. The Morgan fingerprint density at radius 2 is 1.57 bits per heavy atom. The minimum atomic E-state index is -4.35. The Hall–Kier alpha value is -2.50. The van der Waals surface area contributed by atoms with Gasteiger partial charge in [0.2, 0.25) is 5.91 Å². The van der Waals surface area contributed by atoms with Crippen molar-refractivity contribution in [3.63, 3.8) is 0 Å². The van der Waals surface area contributed by atoms with E-state index < -0.39 is 11.7 Å². The van der Waals surface area contributed by atoms with Gasteiger partial charge in [0, 0.05) is 37.8 Å². The molecule has 0 N–H and O–H groups in total. The number of nitrogens with zero attached hydrogens (tertiary/aromatic N) is 2. The average Bonchev–Trinajstić information content (AvgIpc) is 2.68. The minimum absolute atomic E-state index is 0.0677. The highest BCUT2D eigenvalue weighted by Crippen LogP contribution is 2.42. The van der Waals surface area contributed by atoms with E-state index in [-0.39, 0.29) is 11.8 Å². The van der Waals surface area contributed by atoms with E-state index in [1.165, 1.54) is 23.3 Å². The lowest BCUT2D eigenvalue weighted by atomic mass is 9.70. The molecule has 1 amide bonds. The highest BCUT2D eigenvalue weighted by molar-refractivity contribution is 5.80. The normalized spacial score (nSPS) is 22.0. The van der Waals surface area contributed by atoms with Crippen molar-refractivity contribution in [1.29, 1.82) is 0 Å². The van der Waals surface area contributed by atoms with Crippen molar-refractivity contribution in [2.45, 2.75) is 38.8 Å². The predicted molar refractivity (Wildman–Crippen MR) is 112 cm³/mol. The topological polar surface area (TPSA) is 23.6 Å². The van der Waals surface area contributed by atoms with Gasteiger partial charge in [-0.3, -0.25) is 4.79 Å². The van der Waals surface area contributed by atoms with Gasteiger partial charge in [-0.05, 0) is 55.9 Å². The summed E-state index contributed by atoms with van der Waals surface area (Å²) < 4.78 is 39.2. The summed E-state index contributed by atoms with van der Waals surface area (Å²) >= 11 is 0. The molecule has 0 aromatic heterocycles. The van der Waals surface area contributed by atoms with Crippen LogP contribution < -0.4 is 4.90 Å². The summed E-state index contributed by atoms with van der Waals surface area (Å²) in [6.45, 7) is 6.12. The maximum absolute atomic E-state index is 13.1. The zero-order valence-electron chi connectivity index (χ0n) is 17.4. The van der Waals surface area contributed by atoms with Crippen LogP contribution in [0.4, 0.5) is 18.9 Å². The van der Waals surface area contributed by atoms with Crippen LogP contribution >= 0.6 is 0 Å². The van der Waals surface area contributed by atoms with Crippen molar-refractivity contribution < 1.29 is 18.0 Å². The van der Waals surface area contributed by atoms with Crippen LogP contribution in [0.1, 0.15) is 41.0 Å². The van der Waals surface area contributed by atoms with Crippen LogP contribution in [0.5, 0.6) is 0 Å². The molecule has 1 heterocycles. The lowest BCUT2D eigenvalue weighted by Crippen LogP contribution is -2.52. The van der Waals surface area contributed by atoms with Gasteiger partial charge in [0.25, 0.3) is 0 Å². The molecule has 30 heavy (non-hydrogen) atoms. The van der Waals surface area contributed by atoms with E-state index >= 15 is 0 Å². The molecule has 0 bridgehead atoms. The third-order valence-corrected chi connectivity index (χ3v) is 6.50. The Kier molecular flexibility index (Phi) is 5.51. The third kappa shape index (κ3) is 4.18. The zero-order chi connectivity index (χ0) is 21.5. The fourth-order valence-electron chi connectivity index (χ4n) is 4.48. The molecule has 1 saturated heterocycles. The Morgan fingerprint density at radius 1 is 0.933 bits per heavy atom. The van der Waals surface area contributed by atoms with Crippen LogP contribution in [0.15, 0.2) is 42.5 Å². The quantitative estimate of drug-likeness (QED) is 0.690. The summed E-state index contributed by atoms with van der Waals surface area (Å²) in [5.74, 6) is 0.713. The largest absolute Gasteiger partial charge is 0.416 e. The fourth-order valence-corrected chi connectivity index (χ4v) is 4.48. The number of piperazine rings is 1. The number of carbonyl (C=O) groups is 1. The molecule has 0 atom stereocenters. The Bertz CT molecular complexity index is 909. The van der Waals surface area contributed by atoms with Gasteiger partial charge >= 0.3 is 6.18 Å². The highest BCUT2D eigenvalue weighted by atomic mass is 19.4. The van der Waals surface area contributed by atoms with E-state index in [0.29, 0.717) is 37.8 Å². The van der Waals surface area contributed by atoms with Crippen molar-refractivity contribution in [1.82, 2.24) is 4.90 Å². The number of halogens is 3. The van der Waals surface area contributed by atoms with Crippen LogP contribution in [0.2, 0.25) is 0 Å². The molecule has 1 saturated carbocycles. The molecule has 4 rings (SSSR count). The van der Waals surface area contributed by atoms with E-state index in [1.807, 2.05) is 16.7 Å². The molecule has 2 fully saturated rings. The summed E-state index contributed by atoms with van der Waals surface area (Å²) in [6, 6.07) is 12.4. The number of rotatable bonds is 3. The number of alkyl halides is 3. The molecule has 1 aliphatic carbocycles. The molecule has 0 spiro atoms. The number of hydrogen-bond acceptors (Lipinski definition) is 2. The maximum Gasteiger partial charge on any atom is 0.416 e. The molecule has 2 aliphatic rings. The monoisotopic (exact) mass is 416 g/mol. The van der Waals surface area contributed by atoms with Crippen molar-refractivity contribution in [3.8, 4) is 0 Å². The van der Waals surface area contributed by atoms with Gasteiger partial charge in [0.1, 0.15) is 0 Å². The highest BCUT2D eigenvalue weighted by Gasteiger charge is 2.38.